The van der Waals surface area contributed by atoms with E-state index in [1.807, 2.05) is 18.3 Å². The summed E-state index contributed by atoms with van der Waals surface area (Å²) >= 11 is 0. The van der Waals surface area contributed by atoms with Crippen LogP contribution in [0.15, 0.2) is 70.9 Å². The molecular weight excluding hydrogens is 332 g/mol. The van der Waals surface area contributed by atoms with Crippen LogP contribution in [-0.2, 0) is 6.54 Å². The maximum Gasteiger partial charge on any atom is 0.155 e. The van der Waals surface area contributed by atoms with Gasteiger partial charge in [-0.15, -0.1) is 0 Å². The fraction of sp³-hybridized carbons (Fsp3) is 0.261. The lowest BCUT2D eigenvalue weighted by molar-refractivity contribution is 0.105. The number of hydrogen-bond donors (Lipinski definition) is 0. The Labute approximate surface area is 159 Å². The maximum atomic E-state index is 4.82. The molecule has 0 saturated carbocycles. The highest BCUT2D eigenvalue weighted by molar-refractivity contribution is 6.20. The predicted molar refractivity (Wildman–Crippen MR) is 111 cm³/mol. The van der Waals surface area contributed by atoms with Crippen molar-refractivity contribution in [2.24, 2.45) is 15.9 Å². The lowest BCUT2D eigenvalue weighted by Gasteiger charge is -2.37. The molecule has 134 valence electrons. The molecule has 2 aliphatic rings. The van der Waals surface area contributed by atoms with Crippen LogP contribution in [0.3, 0.4) is 0 Å². The number of rotatable bonds is 4. The summed E-state index contributed by atoms with van der Waals surface area (Å²) in [5, 5.41) is 2.54. The average molecular weight is 354 g/mol. The van der Waals surface area contributed by atoms with Gasteiger partial charge in [0.15, 0.2) is 5.84 Å². The minimum Gasteiger partial charge on any atom is -0.298 e. The average Bonchev–Trinajstić information content (AvgIpc) is 3.17. The van der Waals surface area contributed by atoms with Gasteiger partial charge < -0.3 is 0 Å². The van der Waals surface area contributed by atoms with E-state index in [4.69, 9.17) is 9.98 Å². The largest absolute Gasteiger partial charge is 0.298 e. The van der Waals surface area contributed by atoms with Crippen LogP contribution in [0, 0.1) is 5.92 Å². The molecule has 0 amide bonds. The van der Waals surface area contributed by atoms with Gasteiger partial charge in [-0.1, -0.05) is 43.3 Å². The Morgan fingerprint density at radius 2 is 1.85 bits per heavy atom. The summed E-state index contributed by atoms with van der Waals surface area (Å²) in [4.78, 5) is 16.2. The van der Waals surface area contributed by atoms with Gasteiger partial charge in [0, 0.05) is 43.2 Å². The van der Waals surface area contributed by atoms with Crippen molar-refractivity contribution < 1.29 is 0 Å². The van der Waals surface area contributed by atoms with E-state index in [1.54, 1.807) is 6.20 Å². The monoisotopic (exact) mass is 354 g/mol. The summed E-state index contributed by atoms with van der Waals surface area (Å²) in [6.45, 7) is 6.33. The molecule has 2 aromatic carbocycles. The van der Waals surface area contributed by atoms with E-state index < -0.39 is 0 Å². The van der Waals surface area contributed by atoms with E-state index in [0.717, 1.165) is 35.1 Å². The van der Waals surface area contributed by atoms with Crippen LogP contribution in [0.2, 0.25) is 0 Å². The van der Waals surface area contributed by atoms with Crippen molar-refractivity contribution in [3.8, 4) is 0 Å². The Kier molecular flexibility index (Phi) is 4.06. The standard InChI is InChI=1S/C23H22N4/c1-16-13-27(14-16)15-18-8-9-21(20-7-3-2-6-19(18)20)23-25-12-22(26-23)17-5-4-10-24-11-17/h2-11,16H,12-15H2,1H3. The molecule has 5 rings (SSSR count). The molecule has 2 aliphatic heterocycles. The smallest absolute Gasteiger partial charge is 0.155 e. The third-order valence-electron chi connectivity index (χ3n) is 5.40. The number of benzene rings is 2. The van der Waals surface area contributed by atoms with Crippen LogP contribution < -0.4 is 0 Å². The molecule has 4 nitrogen and oxygen atoms in total. The van der Waals surface area contributed by atoms with Crippen LogP contribution in [-0.4, -0.2) is 41.1 Å². The molecule has 3 heterocycles. The first-order valence-corrected chi connectivity index (χ1v) is 9.54. The van der Waals surface area contributed by atoms with Gasteiger partial charge in [0.2, 0.25) is 0 Å². The van der Waals surface area contributed by atoms with Gasteiger partial charge in [0.1, 0.15) is 0 Å². The molecule has 1 fully saturated rings. The zero-order valence-corrected chi connectivity index (χ0v) is 15.5. The van der Waals surface area contributed by atoms with Crippen LogP contribution >= 0.6 is 0 Å². The van der Waals surface area contributed by atoms with Crippen LogP contribution in [0.1, 0.15) is 23.6 Å². The Hall–Kier alpha value is -2.85. The Bertz CT molecular complexity index is 1050. The second-order valence-corrected chi connectivity index (χ2v) is 7.56. The molecule has 0 N–H and O–H groups in total. The zero-order chi connectivity index (χ0) is 18.2. The van der Waals surface area contributed by atoms with E-state index in [2.05, 4.69) is 53.2 Å². The topological polar surface area (TPSA) is 40.9 Å². The highest BCUT2D eigenvalue weighted by Crippen LogP contribution is 2.28. The van der Waals surface area contributed by atoms with Gasteiger partial charge in [-0.2, -0.15) is 0 Å². The molecule has 0 unspecified atom stereocenters. The lowest BCUT2D eigenvalue weighted by Crippen LogP contribution is -2.44. The molecular formula is C23H22N4. The first-order chi connectivity index (χ1) is 13.3. The number of pyridine rings is 1. The van der Waals surface area contributed by atoms with Gasteiger partial charge in [0.05, 0.1) is 12.3 Å². The van der Waals surface area contributed by atoms with Crippen LogP contribution in [0.25, 0.3) is 10.8 Å². The van der Waals surface area contributed by atoms with Crippen molar-refractivity contribution in [1.29, 1.82) is 0 Å². The van der Waals surface area contributed by atoms with Crippen LogP contribution in [0.4, 0.5) is 0 Å². The third-order valence-corrected chi connectivity index (χ3v) is 5.40. The summed E-state index contributed by atoms with van der Waals surface area (Å²) in [7, 11) is 0. The number of hydrogen-bond acceptors (Lipinski definition) is 4. The molecule has 27 heavy (non-hydrogen) atoms. The highest BCUT2D eigenvalue weighted by atomic mass is 15.2. The second-order valence-electron chi connectivity index (χ2n) is 7.56. The zero-order valence-electron chi connectivity index (χ0n) is 15.5. The van der Waals surface area contributed by atoms with Gasteiger partial charge in [0.25, 0.3) is 0 Å². The Morgan fingerprint density at radius 1 is 1.00 bits per heavy atom. The first kappa shape index (κ1) is 16.3. The number of amidine groups is 1. The molecule has 4 heteroatoms. The number of likely N-dealkylation sites (tertiary alicyclic amines) is 1. The first-order valence-electron chi connectivity index (χ1n) is 9.54. The number of fused-ring (bicyclic) bond motifs is 1. The lowest BCUT2D eigenvalue weighted by atomic mass is 9.96. The van der Waals surface area contributed by atoms with Gasteiger partial charge in [-0.05, 0) is 34.4 Å². The SMILES string of the molecule is CC1CN(Cc2ccc(C3=NCC(c4cccnc4)=N3)c3ccccc23)C1. The van der Waals surface area contributed by atoms with Crippen molar-refractivity contribution in [3.63, 3.8) is 0 Å². The molecule has 1 saturated heterocycles. The van der Waals surface area contributed by atoms with E-state index in [0.29, 0.717) is 6.54 Å². The number of aromatic nitrogens is 1. The fourth-order valence-electron chi connectivity index (χ4n) is 4.08. The maximum absolute atomic E-state index is 4.82. The number of nitrogens with zero attached hydrogens (tertiary/aromatic N) is 4. The van der Waals surface area contributed by atoms with Gasteiger partial charge >= 0.3 is 0 Å². The Morgan fingerprint density at radius 3 is 2.63 bits per heavy atom. The summed E-state index contributed by atoms with van der Waals surface area (Å²) in [6.07, 6.45) is 3.64. The van der Waals surface area contributed by atoms with Gasteiger partial charge in [-0.3, -0.25) is 14.9 Å². The van der Waals surface area contributed by atoms with Crippen molar-refractivity contribution in [2.75, 3.05) is 19.6 Å². The molecule has 0 aliphatic carbocycles. The molecule has 0 spiro atoms. The second kappa shape index (κ2) is 6.71. The third kappa shape index (κ3) is 3.06. The van der Waals surface area contributed by atoms with E-state index >= 15 is 0 Å². The molecule has 1 aromatic heterocycles. The summed E-state index contributed by atoms with van der Waals surface area (Å²) in [5.74, 6) is 1.65. The minimum atomic E-state index is 0.614. The van der Waals surface area contributed by atoms with Crippen molar-refractivity contribution in [2.45, 2.75) is 13.5 Å². The van der Waals surface area contributed by atoms with Crippen molar-refractivity contribution in [3.05, 3.63) is 77.6 Å². The quantitative estimate of drug-likeness (QED) is 0.712. The molecule has 0 bridgehead atoms. The van der Waals surface area contributed by atoms with E-state index in [-0.39, 0.29) is 0 Å². The minimum absolute atomic E-state index is 0.614. The van der Waals surface area contributed by atoms with Gasteiger partial charge in [-0.25, -0.2) is 4.99 Å². The predicted octanol–water partition coefficient (Wildman–Crippen LogP) is 3.94. The Balaban J connectivity index is 1.50. The van der Waals surface area contributed by atoms with E-state index in [1.165, 1.54) is 29.4 Å². The molecule has 0 radical (unpaired) electrons. The summed E-state index contributed by atoms with van der Waals surface area (Å²) in [5.41, 5.74) is 4.53. The van der Waals surface area contributed by atoms with Crippen LogP contribution in [0.5, 0.6) is 0 Å². The van der Waals surface area contributed by atoms with Crippen molar-refractivity contribution >= 4 is 22.3 Å². The molecule has 0 atom stereocenters. The van der Waals surface area contributed by atoms with E-state index in [9.17, 15) is 0 Å². The molecule has 3 aromatic rings. The fourth-order valence-corrected chi connectivity index (χ4v) is 4.08. The highest BCUT2D eigenvalue weighted by Gasteiger charge is 2.23. The summed E-state index contributed by atoms with van der Waals surface area (Å²) < 4.78 is 0. The summed E-state index contributed by atoms with van der Waals surface area (Å²) in [6, 6.07) is 17.1. The van der Waals surface area contributed by atoms with Crippen molar-refractivity contribution in [1.82, 2.24) is 9.88 Å². The number of aliphatic imine (C=N–C) groups is 2. The normalized spacial score (nSPS) is 17.7.